The van der Waals surface area contributed by atoms with E-state index in [-0.39, 0.29) is 5.56 Å². The lowest BCUT2D eigenvalue weighted by Gasteiger charge is -2.26. The highest BCUT2D eigenvalue weighted by atomic mass is 16.5. The molecular formula is C25H26N6O2. The van der Waals surface area contributed by atoms with Crippen molar-refractivity contribution in [2.24, 2.45) is 0 Å². The van der Waals surface area contributed by atoms with Crippen LogP contribution in [0.5, 0.6) is 0 Å². The third-order valence-electron chi connectivity index (χ3n) is 5.87. The highest BCUT2D eigenvalue weighted by Gasteiger charge is 2.13. The molecule has 0 aliphatic carbocycles. The minimum absolute atomic E-state index is 0.188. The minimum atomic E-state index is -0.188. The van der Waals surface area contributed by atoms with Crippen LogP contribution in [0.1, 0.15) is 5.56 Å². The SMILES string of the molecule is Nc1ccc(-c2cc3cc[nH]c(=O)c3c(Nc3ccc(CCN4CCOCC4)cc3)n2)cn1. The molecule has 1 aromatic carbocycles. The van der Waals surface area contributed by atoms with Gasteiger partial charge in [-0.05, 0) is 53.8 Å². The monoisotopic (exact) mass is 442 g/mol. The zero-order valence-electron chi connectivity index (χ0n) is 18.3. The summed E-state index contributed by atoms with van der Waals surface area (Å²) in [4.78, 5) is 26.7. The summed E-state index contributed by atoms with van der Waals surface area (Å²) in [7, 11) is 0. The first-order valence-corrected chi connectivity index (χ1v) is 11.1. The molecule has 0 radical (unpaired) electrons. The van der Waals surface area contributed by atoms with Crippen molar-refractivity contribution in [3.05, 3.63) is 76.8 Å². The average Bonchev–Trinajstić information content (AvgIpc) is 2.84. The lowest BCUT2D eigenvalue weighted by atomic mass is 10.1. The molecule has 8 nitrogen and oxygen atoms in total. The molecule has 168 valence electrons. The van der Waals surface area contributed by atoms with E-state index < -0.39 is 0 Å². The van der Waals surface area contributed by atoms with Gasteiger partial charge in [0.05, 0.1) is 24.3 Å². The van der Waals surface area contributed by atoms with Crippen LogP contribution in [0.15, 0.2) is 65.7 Å². The number of nitrogens with one attached hydrogen (secondary N) is 2. The number of nitrogen functional groups attached to an aromatic ring is 1. The molecule has 0 atom stereocenters. The lowest BCUT2D eigenvalue weighted by Crippen LogP contribution is -2.37. The van der Waals surface area contributed by atoms with Gasteiger partial charge in [-0.2, -0.15) is 0 Å². The van der Waals surface area contributed by atoms with Crippen molar-refractivity contribution in [1.29, 1.82) is 0 Å². The van der Waals surface area contributed by atoms with Crippen molar-refractivity contribution in [1.82, 2.24) is 19.9 Å². The number of nitrogens with zero attached hydrogens (tertiary/aromatic N) is 3. The molecule has 3 aromatic heterocycles. The van der Waals surface area contributed by atoms with E-state index in [1.54, 1.807) is 18.5 Å². The van der Waals surface area contributed by atoms with Crippen LogP contribution in [-0.4, -0.2) is 52.7 Å². The molecule has 0 amide bonds. The van der Waals surface area contributed by atoms with Crippen molar-refractivity contribution in [2.45, 2.75) is 6.42 Å². The molecular weight excluding hydrogens is 416 g/mol. The highest BCUT2D eigenvalue weighted by Crippen LogP contribution is 2.28. The number of H-pyrrole nitrogens is 1. The van der Waals surface area contributed by atoms with Gasteiger partial charge in [0.15, 0.2) is 0 Å². The molecule has 4 aromatic rings. The number of fused-ring (bicyclic) bond motifs is 1. The number of nitrogens with two attached hydrogens (primary N) is 1. The van der Waals surface area contributed by atoms with Gasteiger partial charge in [-0.1, -0.05) is 12.1 Å². The van der Waals surface area contributed by atoms with Crippen LogP contribution in [0.4, 0.5) is 17.3 Å². The van der Waals surface area contributed by atoms with Crippen LogP contribution in [0.2, 0.25) is 0 Å². The van der Waals surface area contributed by atoms with Crippen LogP contribution < -0.4 is 16.6 Å². The van der Waals surface area contributed by atoms with E-state index in [2.05, 4.69) is 32.3 Å². The summed E-state index contributed by atoms with van der Waals surface area (Å²) in [5.74, 6) is 0.949. The number of aromatic nitrogens is 3. The summed E-state index contributed by atoms with van der Waals surface area (Å²) in [6.45, 7) is 4.64. The maximum atomic E-state index is 12.6. The van der Waals surface area contributed by atoms with Crippen LogP contribution in [0.25, 0.3) is 22.0 Å². The van der Waals surface area contributed by atoms with Crippen molar-refractivity contribution in [3.8, 4) is 11.3 Å². The number of anilines is 3. The van der Waals surface area contributed by atoms with E-state index in [1.165, 1.54) is 5.56 Å². The molecule has 1 aliphatic rings. The number of benzene rings is 1. The van der Waals surface area contributed by atoms with Gasteiger partial charge in [-0.15, -0.1) is 0 Å². The van der Waals surface area contributed by atoms with Gasteiger partial charge in [0.25, 0.3) is 5.56 Å². The predicted molar refractivity (Wildman–Crippen MR) is 131 cm³/mol. The van der Waals surface area contributed by atoms with E-state index in [0.717, 1.165) is 55.9 Å². The molecule has 0 spiro atoms. The molecule has 1 aliphatic heterocycles. The maximum absolute atomic E-state index is 12.6. The fourth-order valence-electron chi connectivity index (χ4n) is 4.01. The van der Waals surface area contributed by atoms with Crippen molar-refractivity contribution >= 4 is 28.1 Å². The van der Waals surface area contributed by atoms with Crippen LogP contribution in [0.3, 0.4) is 0 Å². The quantitative estimate of drug-likeness (QED) is 0.421. The number of morpholine rings is 1. The first kappa shape index (κ1) is 21.1. The topological polar surface area (TPSA) is 109 Å². The summed E-state index contributed by atoms with van der Waals surface area (Å²) in [6.07, 6.45) is 4.31. The summed E-state index contributed by atoms with van der Waals surface area (Å²) >= 11 is 0. The molecule has 4 heterocycles. The average molecular weight is 443 g/mol. The van der Waals surface area contributed by atoms with Gasteiger partial charge >= 0.3 is 0 Å². The summed E-state index contributed by atoms with van der Waals surface area (Å²) in [5, 5.41) is 4.65. The fourth-order valence-corrected chi connectivity index (χ4v) is 4.01. The van der Waals surface area contributed by atoms with E-state index in [1.807, 2.05) is 30.3 Å². The zero-order chi connectivity index (χ0) is 22.6. The smallest absolute Gasteiger partial charge is 0.259 e. The summed E-state index contributed by atoms with van der Waals surface area (Å²) in [5.41, 5.74) is 9.22. The number of rotatable bonds is 6. The molecule has 0 saturated carbocycles. The lowest BCUT2D eigenvalue weighted by molar-refractivity contribution is 0.0384. The van der Waals surface area contributed by atoms with Crippen LogP contribution in [0, 0.1) is 0 Å². The molecule has 0 bridgehead atoms. The van der Waals surface area contributed by atoms with Gasteiger partial charge in [0.2, 0.25) is 0 Å². The third kappa shape index (κ3) is 4.87. The standard InChI is InChI=1S/C25H26N6O2/c26-22-6-3-19(16-28-22)21-15-18-7-9-27-25(32)23(18)24(30-21)29-20-4-1-17(2-5-20)8-10-31-11-13-33-14-12-31/h1-7,9,15-16H,8,10-14H2,(H2,26,28)(H,27,32)(H,29,30). The van der Waals surface area contributed by atoms with Crippen molar-refractivity contribution in [2.75, 3.05) is 43.9 Å². The van der Waals surface area contributed by atoms with Gasteiger partial charge in [0.1, 0.15) is 11.6 Å². The third-order valence-corrected chi connectivity index (χ3v) is 5.87. The Bertz CT molecular complexity index is 1300. The summed E-state index contributed by atoms with van der Waals surface area (Å²) < 4.78 is 5.42. The number of aromatic amines is 1. The minimum Gasteiger partial charge on any atom is -0.384 e. The number of hydrogen-bond acceptors (Lipinski definition) is 7. The van der Waals surface area contributed by atoms with Gasteiger partial charge in [0, 0.05) is 43.3 Å². The molecule has 5 rings (SSSR count). The van der Waals surface area contributed by atoms with E-state index >= 15 is 0 Å². The highest BCUT2D eigenvalue weighted by molar-refractivity contribution is 5.95. The Balaban J connectivity index is 1.40. The number of ether oxygens (including phenoxy) is 1. The Morgan fingerprint density at radius 3 is 2.67 bits per heavy atom. The second kappa shape index (κ2) is 9.40. The van der Waals surface area contributed by atoms with Crippen LogP contribution >= 0.6 is 0 Å². The second-order valence-electron chi connectivity index (χ2n) is 8.12. The Morgan fingerprint density at radius 1 is 1.09 bits per heavy atom. The summed E-state index contributed by atoms with van der Waals surface area (Å²) in [6, 6.07) is 15.6. The molecule has 8 heteroatoms. The maximum Gasteiger partial charge on any atom is 0.259 e. The number of hydrogen-bond donors (Lipinski definition) is 3. The largest absolute Gasteiger partial charge is 0.384 e. The van der Waals surface area contributed by atoms with Crippen molar-refractivity contribution in [3.63, 3.8) is 0 Å². The first-order valence-electron chi connectivity index (χ1n) is 11.1. The van der Waals surface area contributed by atoms with Gasteiger partial charge in [-0.25, -0.2) is 9.97 Å². The van der Waals surface area contributed by atoms with E-state index in [9.17, 15) is 4.79 Å². The molecule has 1 fully saturated rings. The molecule has 33 heavy (non-hydrogen) atoms. The zero-order valence-corrected chi connectivity index (χ0v) is 18.3. The Kier molecular flexibility index (Phi) is 6.01. The Morgan fingerprint density at radius 2 is 1.91 bits per heavy atom. The van der Waals surface area contributed by atoms with Crippen molar-refractivity contribution < 1.29 is 4.74 Å². The Labute approximate surface area is 191 Å². The van der Waals surface area contributed by atoms with E-state index in [4.69, 9.17) is 15.5 Å². The van der Waals surface area contributed by atoms with E-state index in [0.29, 0.717) is 22.7 Å². The second-order valence-corrected chi connectivity index (χ2v) is 8.12. The molecule has 4 N–H and O–H groups in total. The predicted octanol–water partition coefficient (Wildman–Crippen LogP) is 3.19. The molecule has 1 saturated heterocycles. The van der Waals surface area contributed by atoms with Crippen LogP contribution in [-0.2, 0) is 11.2 Å². The first-order chi connectivity index (χ1) is 16.2. The molecule has 0 unspecified atom stereocenters. The number of pyridine rings is 3. The van der Waals surface area contributed by atoms with Gasteiger partial charge < -0.3 is 20.8 Å². The fraction of sp³-hybridized carbons (Fsp3) is 0.240. The normalized spacial score (nSPS) is 14.4. The van der Waals surface area contributed by atoms with Gasteiger partial charge in [-0.3, -0.25) is 9.69 Å². The Hall–Kier alpha value is -3.75.